The van der Waals surface area contributed by atoms with Gasteiger partial charge < -0.3 is 30.3 Å². The van der Waals surface area contributed by atoms with Crippen molar-refractivity contribution in [3.8, 4) is 0 Å². The molecular formula is C13H18O6. The average molecular weight is 271 g/mol. The summed E-state index contributed by atoms with van der Waals surface area (Å²) >= 11 is 0. The molecule has 1 heterocycles. The molecule has 0 aliphatic carbocycles. The third kappa shape index (κ3) is 2.79. The van der Waals surface area contributed by atoms with Crippen LogP contribution in [0.4, 0.5) is 0 Å². The predicted octanol–water partition coefficient (Wildman–Crippen LogP) is -1.61. The van der Waals surface area contributed by atoms with Crippen LogP contribution in [0.25, 0.3) is 0 Å². The Labute approximate surface area is 111 Å². The van der Waals surface area contributed by atoms with Crippen LogP contribution in [0.2, 0.25) is 0 Å². The van der Waals surface area contributed by atoms with Crippen LogP contribution in [0, 0.1) is 0 Å². The van der Waals surface area contributed by atoms with E-state index in [1.54, 1.807) is 30.3 Å². The Morgan fingerprint density at radius 1 is 1.16 bits per heavy atom. The van der Waals surface area contributed by atoms with Crippen LogP contribution >= 0.6 is 0 Å². The predicted molar refractivity (Wildman–Crippen MR) is 65.1 cm³/mol. The van der Waals surface area contributed by atoms with Crippen molar-refractivity contribution in [2.75, 3.05) is 6.61 Å². The van der Waals surface area contributed by atoms with E-state index in [2.05, 4.69) is 0 Å². The van der Waals surface area contributed by atoms with Crippen LogP contribution in [0.1, 0.15) is 6.93 Å². The SMILES string of the molecule is [2H]C(c1ccccc1)C1(O)O[C@H](CO)[C@@H](O)[C@H](O)[C@H]1O. The zero-order valence-corrected chi connectivity index (χ0v) is 10.1. The van der Waals surface area contributed by atoms with Crippen LogP contribution in [0.3, 0.4) is 0 Å². The molecule has 0 amide bonds. The fraction of sp³-hybridized carbons (Fsp3) is 0.538. The molecule has 2 rings (SSSR count). The first-order chi connectivity index (χ1) is 9.41. The third-order valence-corrected chi connectivity index (χ3v) is 3.17. The van der Waals surface area contributed by atoms with Crippen molar-refractivity contribution in [1.29, 1.82) is 0 Å². The minimum absolute atomic E-state index is 0.370. The van der Waals surface area contributed by atoms with Crippen LogP contribution in [-0.4, -0.2) is 62.3 Å². The Balaban J connectivity index is 2.32. The molecule has 0 radical (unpaired) electrons. The van der Waals surface area contributed by atoms with Crippen molar-refractivity contribution in [2.45, 2.75) is 36.6 Å². The average Bonchev–Trinajstić information content (AvgIpc) is 2.49. The van der Waals surface area contributed by atoms with Gasteiger partial charge in [0.05, 0.1) is 6.61 Å². The van der Waals surface area contributed by atoms with E-state index in [9.17, 15) is 20.4 Å². The van der Waals surface area contributed by atoms with Gasteiger partial charge >= 0.3 is 0 Å². The van der Waals surface area contributed by atoms with E-state index in [1.165, 1.54) is 0 Å². The third-order valence-electron chi connectivity index (χ3n) is 3.17. The summed E-state index contributed by atoms with van der Waals surface area (Å²) in [5.41, 5.74) is 0.370. The Morgan fingerprint density at radius 2 is 1.79 bits per heavy atom. The molecular weight excluding hydrogens is 252 g/mol. The van der Waals surface area contributed by atoms with E-state index in [0.29, 0.717) is 5.56 Å². The number of benzene rings is 1. The standard InChI is InChI=1S/C13H18O6/c14-7-9-10(15)11(16)12(17)13(18,19-9)6-8-4-2-1-3-5-8/h1-5,9-12,14-18H,6-7H2/t9-,10-,11+,12-,13?/m1/s1/i6D/t6?,9-,10-,11+,12-,13?. The van der Waals surface area contributed by atoms with Gasteiger partial charge in [-0.15, -0.1) is 0 Å². The van der Waals surface area contributed by atoms with Crippen molar-refractivity contribution in [3.63, 3.8) is 0 Å². The van der Waals surface area contributed by atoms with E-state index in [4.69, 9.17) is 11.2 Å². The van der Waals surface area contributed by atoms with Crippen molar-refractivity contribution in [3.05, 3.63) is 35.9 Å². The monoisotopic (exact) mass is 271 g/mol. The highest BCUT2D eigenvalue weighted by Crippen LogP contribution is 2.30. The zero-order valence-electron chi connectivity index (χ0n) is 11.1. The quantitative estimate of drug-likeness (QED) is 0.452. The first-order valence-corrected chi connectivity index (χ1v) is 5.94. The zero-order chi connectivity index (χ0) is 14.9. The highest BCUT2D eigenvalue weighted by atomic mass is 16.7. The molecule has 0 bridgehead atoms. The second kappa shape index (κ2) is 5.54. The molecule has 1 aliphatic heterocycles. The molecule has 1 saturated heterocycles. The minimum atomic E-state index is -2.42. The van der Waals surface area contributed by atoms with Gasteiger partial charge in [-0.1, -0.05) is 30.3 Å². The summed E-state index contributed by atoms with van der Waals surface area (Å²) in [4.78, 5) is 0. The van der Waals surface area contributed by atoms with E-state index in [0.717, 1.165) is 0 Å². The van der Waals surface area contributed by atoms with Gasteiger partial charge in [0.2, 0.25) is 0 Å². The molecule has 5 N–H and O–H groups in total. The second-order valence-electron chi connectivity index (χ2n) is 4.57. The summed E-state index contributed by atoms with van der Waals surface area (Å²) in [6.45, 7) is -0.658. The van der Waals surface area contributed by atoms with Gasteiger partial charge in [-0.2, -0.15) is 0 Å². The van der Waals surface area contributed by atoms with Crippen LogP contribution in [0.15, 0.2) is 30.3 Å². The highest BCUT2D eigenvalue weighted by Gasteiger charge is 2.52. The van der Waals surface area contributed by atoms with Gasteiger partial charge in [0, 0.05) is 7.77 Å². The van der Waals surface area contributed by atoms with Crippen molar-refractivity contribution >= 4 is 0 Å². The molecule has 19 heavy (non-hydrogen) atoms. The number of ether oxygens (including phenoxy) is 1. The fourth-order valence-corrected chi connectivity index (χ4v) is 2.09. The molecule has 6 atom stereocenters. The Hall–Kier alpha value is -1.02. The van der Waals surface area contributed by atoms with E-state index >= 15 is 0 Å². The molecule has 0 aromatic heterocycles. The van der Waals surface area contributed by atoms with Crippen molar-refractivity contribution in [1.82, 2.24) is 0 Å². The Morgan fingerprint density at radius 3 is 2.37 bits per heavy atom. The van der Waals surface area contributed by atoms with Gasteiger partial charge in [0.15, 0.2) is 5.79 Å². The summed E-state index contributed by atoms with van der Waals surface area (Å²) in [7, 11) is 0. The Bertz CT molecular complexity index is 442. The number of aliphatic hydroxyl groups excluding tert-OH is 4. The van der Waals surface area contributed by atoms with Gasteiger partial charge in [-0.05, 0) is 5.56 Å². The van der Waals surface area contributed by atoms with Gasteiger partial charge in [-0.25, -0.2) is 0 Å². The molecule has 1 aliphatic rings. The molecule has 1 fully saturated rings. The molecule has 6 heteroatoms. The lowest BCUT2D eigenvalue weighted by Gasteiger charge is -2.45. The first kappa shape index (κ1) is 13.0. The summed E-state index contributed by atoms with van der Waals surface area (Å²) in [5, 5.41) is 48.8. The Kier molecular flexibility index (Phi) is 3.79. The molecule has 2 unspecified atom stereocenters. The molecule has 1 aromatic carbocycles. The van der Waals surface area contributed by atoms with Gasteiger partial charge in [0.25, 0.3) is 0 Å². The van der Waals surface area contributed by atoms with Crippen LogP contribution in [0.5, 0.6) is 0 Å². The molecule has 6 nitrogen and oxygen atoms in total. The van der Waals surface area contributed by atoms with E-state index in [-0.39, 0.29) is 0 Å². The topological polar surface area (TPSA) is 110 Å². The highest BCUT2D eigenvalue weighted by molar-refractivity contribution is 5.17. The summed E-state index contributed by atoms with van der Waals surface area (Å²) < 4.78 is 13.1. The lowest BCUT2D eigenvalue weighted by atomic mass is 9.89. The number of rotatable bonds is 3. The second-order valence-corrected chi connectivity index (χ2v) is 4.57. The summed E-state index contributed by atoms with van der Waals surface area (Å²) in [6, 6.07) is 8.18. The van der Waals surface area contributed by atoms with Crippen molar-refractivity contribution < 1.29 is 31.6 Å². The maximum Gasteiger partial charge on any atom is 0.199 e. The normalized spacial score (nSPS) is 41.6. The smallest absolute Gasteiger partial charge is 0.199 e. The van der Waals surface area contributed by atoms with Gasteiger partial charge in [-0.3, -0.25) is 0 Å². The van der Waals surface area contributed by atoms with Crippen molar-refractivity contribution in [2.24, 2.45) is 0 Å². The first-order valence-electron chi connectivity index (χ1n) is 6.52. The lowest BCUT2D eigenvalue weighted by molar-refractivity contribution is -0.348. The van der Waals surface area contributed by atoms with E-state index in [1.807, 2.05) is 0 Å². The number of hydrogen-bond donors (Lipinski definition) is 5. The molecule has 106 valence electrons. The summed E-state index contributed by atoms with van der Waals surface area (Å²) in [5.74, 6) is -2.42. The number of aliphatic hydroxyl groups is 5. The fourth-order valence-electron chi connectivity index (χ4n) is 2.09. The van der Waals surface area contributed by atoms with E-state index < -0.39 is 43.2 Å². The van der Waals surface area contributed by atoms with Gasteiger partial charge in [0.1, 0.15) is 24.4 Å². The number of hydrogen-bond acceptors (Lipinski definition) is 6. The minimum Gasteiger partial charge on any atom is -0.394 e. The maximum atomic E-state index is 10.4. The molecule has 0 saturated carbocycles. The maximum absolute atomic E-state index is 10.4. The molecule has 0 spiro atoms. The summed E-state index contributed by atoms with van der Waals surface area (Å²) in [6.07, 6.45) is -7.83. The van der Waals surface area contributed by atoms with Crippen LogP contribution < -0.4 is 0 Å². The largest absolute Gasteiger partial charge is 0.394 e. The molecule has 1 aromatic rings. The van der Waals surface area contributed by atoms with Crippen LogP contribution in [-0.2, 0) is 11.1 Å². The lowest BCUT2D eigenvalue weighted by Crippen LogP contribution is -2.65.